The lowest BCUT2D eigenvalue weighted by molar-refractivity contribution is 0.403. The largest absolute Gasteiger partial charge is 0.496 e. The zero-order valence-corrected chi connectivity index (χ0v) is 9.66. The molecule has 0 bridgehead atoms. The van der Waals surface area contributed by atoms with Crippen LogP contribution in [0, 0.1) is 5.82 Å². The summed E-state index contributed by atoms with van der Waals surface area (Å²) in [6, 6.07) is 4.61. The van der Waals surface area contributed by atoms with E-state index in [2.05, 4.69) is 5.16 Å². The summed E-state index contributed by atoms with van der Waals surface area (Å²) in [4.78, 5) is 0. The Bertz CT molecular complexity index is 537. The zero-order valence-electron chi connectivity index (χ0n) is 9.66. The first-order valence-electron chi connectivity index (χ1n) is 5.24. The minimum absolute atomic E-state index is 0.282. The minimum atomic E-state index is -0.291. The molecule has 4 nitrogen and oxygen atoms in total. The number of aromatic nitrogens is 1. The number of methoxy groups -OCH3 is 1. The minimum Gasteiger partial charge on any atom is -0.496 e. The number of ether oxygens (including phenoxy) is 1. The zero-order chi connectivity index (χ0) is 12.4. The summed E-state index contributed by atoms with van der Waals surface area (Å²) in [5.74, 6) is 0.856. The van der Waals surface area contributed by atoms with Gasteiger partial charge in [-0.2, -0.15) is 0 Å². The van der Waals surface area contributed by atoms with Crippen LogP contribution in [0.5, 0.6) is 5.75 Å². The van der Waals surface area contributed by atoms with E-state index in [0.717, 1.165) is 0 Å². The Balaban J connectivity index is 2.58. The topological polar surface area (TPSA) is 61.3 Å². The summed E-state index contributed by atoms with van der Waals surface area (Å²) in [7, 11) is 1.48. The van der Waals surface area contributed by atoms with Crippen molar-refractivity contribution in [2.24, 2.45) is 0 Å². The first-order valence-corrected chi connectivity index (χ1v) is 5.24. The fraction of sp³-hybridized carbons (Fsp3) is 0.250. The second kappa shape index (κ2) is 4.45. The standard InChI is InChI=1S/C12H13FN2O2/c1-3-7-4-8(10(16-2)5-9(7)13)11-6-12(14)15-17-11/h4-6H,3H2,1-2H3,(H2,14,15). The van der Waals surface area contributed by atoms with Crippen molar-refractivity contribution in [3.05, 3.63) is 29.6 Å². The number of halogens is 1. The predicted octanol–water partition coefficient (Wildman–Crippen LogP) is 2.63. The average molecular weight is 236 g/mol. The molecular weight excluding hydrogens is 223 g/mol. The van der Waals surface area contributed by atoms with Gasteiger partial charge in [0.2, 0.25) is 0 Å². The second-order valence-electron chi connectivity index (χ2n) is 3.61. The van der Waals surface area contributed by atoms with Gasteiger partial charge in [-0.15, -0.1) is 0 Å². The Morgan fingerprint density at radius 3 is 2.71 bits per heavy atom. The molecule has 0 aliphatic rings. The third-order valence-corrected chi connectivity index (χ3v) is 2.54. The first kappa shape index (κ1) is 11.4. The van der Waals surface area contributed by atoms with Gasteiger partial charge in [0.25, 0.3) is 0 Å². The van der Waals surface area contributed by atoms with Gasteiger partial charge >= 0.3 is 0 Å². The third kappa shape index (κ3) is 2.08. The number of anilines is 1. The number of nitrogens with two attached hydrogens (primary N) is 1. The monoisotopic (exact) mass is 236 g/mol. The van der Waals surface area contributed by atoms with Crippen molar-refractivity contribution in [1.29, 1.82) is 0 Å². The van der Waals surface area contributed by atoms with E-state index in [9.17, 15) is 4.39 Å². The van der Waals surface area contributed by atoms with Gasteiger partial charge in [-0.3, -0.25) is 0 Å². The molecule has 0 aliphatic heterocycles. The van der Waals surface area contributed by atoms with Crippen LogP contribution in [0.15, 0.2) is 22.7 Å². The quantitative estimate of drug-likeness (QED) is 0.889. The Hall–Kier alpha value is -2.04. The van der Waals surface area contributed by atoms with E-state index in [4.69, 9.17) is 15.0 Å². The summed E-state index contributed by atoms with van der Waals surface area (Å²) in [6.45, 7) is 1.88. The van der Waals surface area contributed by atoms with Crippen molar-refractivity contribution >= 4 is 5.82 Å². The number of aryl methyl sites for hydroxylation is 1. The van der Waals surface area contributed by atoms with Crippen LogP contribution in [0.2, 0.25) is 0 Å². The highest BCUT2D eigenvalue weighted by Crippen LogP contribution is 2.33. The molecular formula is C12H13FN2O2. The number of hydrogen-bond donors (Lipinski definition) is 1. The molecule has 90 valence electrons. The summed E-state index contributed by atoms with van der Waals surface area (Å²) in [6.07, 6.45) is 0.590. The van der Waals surface area contributed by atoms with Crippen LogP contribution < -0.4 is 10.5 Å². The molecule has 0 aliphatic carbocycles. The van der Waals surface area contributed by atoms with Gasteiger partial charge in [-0.25, -0.2) is 4.39 Å². The van der Waals surface area contributed by atoms with Gasteiger partial charge < -0.3 is 15.0 Å². The van der Waals surface area contributed by atoms with Gasteiger partial charge in [-0.05, 0) is 18.1 Å². The number of nitrogens with zero attached hydrogens (tertiary/aromatic N) is 1. The highest BCUT2D eigenvalue weighted by Gasteiger charge is 2.14. The predicted molar refractivity (Wildman–Crippen MR) is 62.2 cm³/mol. The molecule has 1 aromatic heterocycles. The molecule has 0 saturated carbocycles. The van der Waals surface area contributed by atoms with Crippen molar-refractivity contribution in [1.82, 2.24) is 5.16 Å². The van der Waals surface area contributed by atoms with E-state index < -0.39 is 0 Å². The molecule has 1 aromatic carbocycles. The summed E-state index contributed by atoms with van der Waals surface area (Å²) < 4.78 is 23.8. The Morgan fingerprint density at radius 1 is 1.41 bits per heavy atom. The normalized spacial score (nSPS) is 10.5. The maximum absolute atomic E-state index is 13.6. The lowest BCUT2D eigenvalue weighted by Crippen LogP contribution is -1.94. The van der Waals surface area contributed by atoms with Crippen molar-refractivity contribution in [3.63, 3.8) is 0 Å². The molecule has 17 heavy (non-hydrogen) atoms. The number of benzene rings is 1. The highest BCUT2D eigenvalue weighted by molar-refractivity contribution is 5.68. The van der Waals surface area contributed by atoms with Crippen molar-refractivity contribution < 1.29 is 13.7 Å². The summed E-state index contributed by atoms with van der Waals surface area (Å²) in [5.41, 5.74) is 6.73. The molecule has 0 saturated heterocycles. The molecule has 0 radical (unpaired) electrons. The van der Waals surface area contributed by atoms with Gasteiger partial charge in [-0.1, -0.05) is 12.1 Å². The number of hydrogen-bond acceptors (Lipinski definition) is 4. The Labute approximate surface area is 98.2 Å². The van der Waals surface area contributed by atoms with E-state index in [-0.39, 0.29) is 11.6 Å². The maximum Gasteiger partial charge on any atom is 0.172 e. The van der Waals surface area contributed by atoms with Gasteiger partial charge in [0.1, 0.15) is 11.6 Å². The molecule has 1 heterocycles. The molecule has 0 spiro atoms. The Kier molecular flexibility index (Phi) is 2.99. The molecule has 5 heteroatoms. The van der Waals surface area contributed by atoms with E-state index in [1.807, 2.05) is 6.92 Å². The van der Waals surface area contributed by atoms with E-state index in [0.29, 0.717) is 29.1 Å². The second-order valence-corrected chi connectivity index (χ2v) is 3.61. The van der Waals surface area contributed by atoms with Crippen LogP contribution in [0.3, 0.4) is 0 Å². The lowest BCUT2D eigenvalue weighted by Gasteiger charge is -2.08. The van der Waals surface area contributed by atoms with E-state index >= 15 is 0 Å². The van der Waals surface area contributed by atoms with Crippen LogP contribution in [0.1, 0.15) is 12.5 Å². The van der Waals surface area contributed by atoms with Gasteiger partial charge in [0.05, 0.1) is 12.7 Å². The average Bonchev–Trinajstić information content (AvgIpc) is 2.75. The molecule has 2 rings (SSSR count). The third-order valence-electron chi connectivity index (χ3n) is 2.54. The maximum atomic E-state index is 13.6. The smallest absolute Gasteiger partial charge is 0.172 e. The molecule has 0 fully saturated rings. The Morgan fingerprint density at radius 2 is 2.18 bits per heavy atom. The highest BCUT2D eigenvalue weighted by atomic mass is 19.1. The molecule has 2 aromatic rings. The fourth-order valence-electron chi connectivity index (χ4n) is 1.65. The lowest BCUT2D eigenvalue weighted by atomic mass is 10.0. The van der Waals surface area contributed by atoms with Crippen molar-refractivity contribution in [2.45, 2.75) is 13.3 Å². The van der Waals surface area contributed by atoms with Crippen LogP contribution >= 0.6 is 0 Å². The van der Waals surface area contributed by atoms with Gasteiger partial charge in [0, 0.05) is 12.1 Å². The SMILES string of the molecule is CCc1cc(-c2cc(N)no2)c(OC)cc1F. The van der Waals surface area contributed by atoms with Crippen molar-refractivity contribution in [3.8, 4) is 17.1 Å². The molecule has 0 unspecified atom stereocenters. The van der Waals surface area contributed by atoms with Crippen LogP contribution in [-0.4, -0.2) is 12.3 Å². The van der Waals surface area contributed by atoms with Crippen LogP contribution in [0.25, 0.3) is 11.3 Å². The molecule has 2 N–H and O–H groups in total. The number of rotatable bonds is 3. The van der Waals surface area contributed by atoms with Crippen LogP contribution in [0.4, 0.5) is 10.2 Å². The molecule has 0 atom stereocenters. The first-order chi connectivity index (χ1) is 8.15. The van der Waals surface area contributed by atoms with Crippen LogP contribution in [-0.2, 0) is 6.42 Å². The van der Waals surface area contributed by atoms with Gasteiger partial charge in [0.15, 0.2) is 11.6 Å². The van der Waals surface area contributed by atoms with Crippen molar-refractivity contribution in [2.75, 3.05) is 12.8 Å². The number of nitrogen functional groups attached to an aromatic ring is 1. The fourth-order valence-corrected chi connectivity index (χ4v) is 1.65. The summed E-state index contributed by atoms with van der Waals surface area (Å²) in [5, 5.41) is 3.60. The van der Waals surface area contributed by atoms with E-state index in [1.165, 1.54) is 13.2 Å². The summed E-state index contributed by atoms with van der Waals surface area (Å²) >= 11 is 0. The molecule has 0 amide bonds. The van der Waals surface area contributed by atoms with E-state index in [1.54, 1.807) is 12.1 Å².